The summed E-state index contributed by atoms with van der Waals surface area (Å²) < 4.78 is 6.25. The lowest BCUT2D eigenvalue weighted by Gasteiger charge is -2.30. The first-order valence-corrected chi connectivity index (χ1v) is 11.1. The molecule has 0 aliphatic carbocycles. The van der Waals surface area contributed by atoms with E-state index in [0.717, 1.165) is 22.4 Å². The second-order valence-electron chi connectivity index (χ2n) is 6.97. The number of hydrogen-bond acceptors (Lipinski definition) is 6. The third kappa shape index (κ3) is 4.16. The van der Waals surface area contributed by atoms with Crippen LogP contribution in [0.4, 0.5) is 0 Å². The Balaban J connectivity index is 1.68. The summed E-state index contributed by atoms with van der Waals surface area (Å²) in [6.07, 6.45) is 0. The van der Waals surface area contributed by atoms with Gasteiger partial charge in [-0.1, -0.05) is 34.1 Å². The van der Waals surface area contributed by atoms with Crippen molar-refractivity contribution in [3.05, 3.63) is 62.3 Å². The fourth-order valence-corrected chi connectivity index (χ4v) is 4.80. The highest BCUT2D eigenvalue weighted by molar-refractivity contribution is 9.10. The summed E-state index contributed by atoms with van der Waals surface area (Å²) in [5, 5.41) is 12.9. The van der Waals surface area contributed by atoms with E-state index in [0.29, 0.717) is 31.9 Å². The Morgan fingerprint density at radius 3 is 2.52 bits per heavy atom. The molecule has 1 unspecified atom stereocenters. The van der Waals surface area contributed by atoms with E-state index in [2.05, 4.69) is 20.8 Å². The smallest absolute Gasteiger partial charge is 0.295 e. The van der Waals surface area contributed by atoms with Gasteiger partial charge >= 0.3 is 0 Å². The van der Waals surface area contributed by atoms with Gasteiger partial charge in [0.2, 0.25) is 0 Å². The van der Waals surface area contributed by atoms with Gasteiger partial charge in [0.25, 0.3) is 11.7 Å². The summed E-state index contributed by atoms with van der Waals surface area (Å²) in [6, 6.07) is 10.3. The highest BCUT2D eigenvalue weighted by Crippen LogP contribution is 2.41. The van der Waals surface area contributed by atoms with E-state index in [4.69, 9.17) is 4.74 Å². The average molecular weight is 477 g/mol. The highest BCUT2D eigenvalue weighted by Gasteiger charge is 2.46. The summed E-state index contributed by atoms with van der Waals surface area (Å²) in [4.78, 5) is 30.5. The van der Waals surface area contributed by atoms with Crippen LogP contribution in [0, 0.1) is 0 Å². The average Bonchev–Trinajstić information content (AvgIpc) is 3.35. The lowest BCUT2D eigenvalue weighted by Crippen LogP contribution is -2.42. The molecule has 0 bridgehead atoms. The standard InChI is InChI=1S/C21H21BrN2O4S/c22-15-5-3-14(4-6-15)19(25)17-18(16-2-1-13-29-16)24(21(27)20(17)26)8-7-23-9-11-28-12-10-23/h1-6,13,18,25H,7-12H2/b19-17-. The molecule has 1 aromatic heterocycles. The van der Waals surface area contributed by atoms with Gasteiger partial charge in [-0.2, -0.15) is 0 Å². The number of likely N-dealkylation sites (tertiary alicyclic amines) is 1. The third-order valence-electron chi connectivity index (χ3n) is 5.23. The van der Waals surface area contributed by atoms with Crippen LogP contribution in [0.2, 0.25) is 0 Å². The predicted octanol–water partition coefficient (Wildman–Crippen LogP) is 3.26. The van der Waals surface area contributed by atoms with Gasteiger partial charge < -0.3 is 14.7 Å². The lowest BCUT2D eigenvalue weighted by atomic mass is 10.00. The van der Waals surface area contributed by atoms with Gasteiger partial charge in [-0.05, 0) is 23.6 Å². The summed E-state index contributed by atoms with van der Waals surface area (Å²) in [5.74, 6) is -1.33. The number of aliphatic hydroxyl groups excluding tert-OH is 1. The number of Topliss-reactive ketones (excluding diaryl/α,β-unsaturated/α-hetero) is 1. The first kappa shape index (κ1) is 20.3. The zero-order chi connectivity index (χ0) is 20.4. The van der Waals surface area contributed by atoms with Crippen molar-refractivity contribution in [2.45, 2.75) is 6.04 Å². The molecule has 2 aliphatic heterocycles. The molecule has 152 valence electrons. The molecule has 6 nitrogen and oxygen atoms in total. The normalized spacial score (nSPS) is 22.4. The number of halogens is 1. The van der Waals surface area contributed by atoms with Crippen LogP contribution in [0.5, 0.6) is 0 Å². The molecule has 2 aromatic rings. The molecule has 1 N–H and O–H groups in total. The Hall–Kier alpha value is -2.00. The number of thiophene rings is 1. The van der Waals surface area contributed by atoms with Gasteiger partial charge in [-0.3, -0.25) is 14.5 Å². The number of hydrogen-bond donors (Lipinski definition) is 1. The van der Waals surface area contributed by atoms with Crippen LogP contribution in [-0.4, -0.2) is 66.0 Å². The Morgan fingerprint density at radius 2 is 1.86 bits per heavy atom. The fourth-order valence-electron chi connectivity index (χ4n) is 3.69. The molecule has 1 atom stereocenters. The van der Waals surface area contributed by atoms with Gasteiger partial charge in [0.1, 0.15) is 5.76 Å². The molecule has 3 heterocycles. The molecule has 0 spiro atoms. The van der Waals surface area contributed by atoms with Crippen LogP contribution in [0.15, 0.2) is 51.8 Å². The maximum Gasteiger partial charge on any atom is 0.295 e. The first-order chi connectivity index (χ1) is 14.1. The van der Waals surface area contributed by atoms with E-state index in [1.54, 1.807) is 29.2 Å². The van der Waals surface area contributed by atoms with Crippen molar-refractivity contribution < 1.29 is 19.4 Å². The van der Waals surface area contributed by atoms with Gasteiger partial charge in [0, 0.05) is 41.1 Å². The van der Waals surface area contributed by atoms with Gasteiger partial charge in [-0.25, -0.2) is 0 Å². The monoisotopic (exact) mass is 476 g/mol. The van der Waals surface area contributed by atoms with E-state index in [1.807, 2.05) is 17.5 Å². The van der Waals surface area contributed by atoms with Crippen molar-refractivity contribution in [1.82, 2.24) is 9.80 Å². The number of benzene rings is 1. The number of carbonyl (C=O) groups is 2. The molecule has 1 aromatic carbocycles. The number of nitrogens with zero attached hydrogens (tertiary/aromatic N) is 2. The molecule has 2 fully saturated rings. The predicted molar refractivity (Wildman–Crippen MR) is 115 cm³/mol. The minimum Gasteiger partial charge on any atom is -0.507 e. The zero-order valence-electron chi connectivity index (χ0n) is 15.7. The summed E-state index contributed by atoms with van der Waals surface area (Å²) in [5.41, 5.74) is 0.669. The quantitative estimate of drug-likeness (QED) is 0.407. The number of ketones is 1. The number of carbonyl (C=O) groups excluding carboxylic acids is 2. The SMILES string of the molecule is O=C1C(=O)N(CCN2CCOCC2)C(c2cccs2)/C1=C(/O)c1ccc(Br)cc1. The van der Waals surface area contributed by atoms with Crippen molar-refractivity contribution in [1.29, 1.82) is 0 Å². The summed E-state index contributed by atoms with van der Waals surface area (Å²) in [6.45, 7) is 4.06. The molecule has 1 amide bonds. The van der Waals surface area contributed by atoms with Crippen molar-refractivity contribution >= 4 is 44.7 Å². The van der Waals surface area contributed by atoms with E-state index in [1.165, 1.54) is 11.3 Å². The van der Waals surface area contributed by atoms with Crippen LogP contribution in [0.25, 0.3) is 5.76 Å². The van der Waals surface area contributed by atoms with Crippen LogP contribution in [0.1, 0.15) is 16.5 Å². The lowest BCUT2D eigenvalue weighted by molar-refractivity contribution is -0.140. The Kier molecular flexibility index (Phi) is 6.15. The van der Waals surface area contributed by atoms with Crippen LogP contribution >= 0.6 is 27.3 Å². The maximum atomic E-state index is 12.9. The number of morpholine rings is 1. The van der Waals surface area contributed by atoms with Crippen LogP contribution in [-0.2, 0) is 14.3 Å². The molecule has 0 saturated carbocycles. The van der Waals surface area contributed by atoms with Crippen LogP contribution in [0.3, 0.4) is 0 Å². The van der Waals surface area contributed by atoms with Gasteiger partial charge in [-0.15, -0.1) is 11.3 Å². The molecule has 8 heteroatoms. The summed E-state index contributed by atoms with van der Waals surface area (Å²) >= 11 is 4.85. The molecule has 29 heavy (non-hydrogen) atoms. The number of amides is 1. The number of ether oxygens (including phenoxy) is 1. The second kappa shape index (κ2) is 8.79. The fraction of sp³-hybridized carbons (Fsp3) is 0.333. The van der Waals surface area contributed by atoms with E-state index < -0.39 is 17.7 Å². The maximum absolute atomic E-state index is 12.9. The molecule has 0 radical (unpaired) electrons. The minimum absolute atomic E-state index is 0.136. The second-order valence-corrected chi connectivity index (χ2v) is 8.86. The highest BCUT2D eigenvalue weighted by atomic mass is 79.9. The molecular weight excluding hydrogens is 456 g/mol. The number of rotatable bonds is 5. The topological polar surface area (TPSA) is 70.1 Å². The molecule has 2 saturated heterocycles. The van der Waals surface area contributed by atoms with E-state index in [9.17, 15) is 14.7 Å². The van der Waals surface area contributed by atoms with Crippen LogP contribution < -0.4 is 0 Å². The van der Waals surface area contributed by atoms with Crippen molar-refractivity contribution in [3.8, 4) is 0 Å². The minimum atomic E-state index is -0.634. The first-order valence-electron chi connectivity index (χ1n) is 9.44. The molecule has 4 rings (SSSR count). The summed E-state index contributed by atoms with van der Waals surface area (Å²) in [7, 11) is 0. The Bertz CT molecular complexity index is 921. The van der Waals surface area contributed by atoms with Crippen molar-refractivity contribution in [2.75, 3.05) is 39.4 Å². The van der Waals surface area contributed by atoms with E-state index >= 15 is 0 Å². The number of aliphatic hydroxyl groups is 1. The molecular formula is C21H21BrN2O4S. The molecule has 2 aliphatic rings. The largest absolute Gasteiger partial charge is 0.507 e. The van der Waals surface area contributed by atoms with Gasteiger partial charge in [0.15, 0.2) is 0 Å². The zero-order valence-corrected chi connectivity index (χ0v) is 18.1. The Labute approximate surface area is 181 Å². The third-order valence-corrected chi connectivity index (χ3v) is 6.68. The van der Waals surface area contributed by atoms with Crippen molar-refractivity contribution in [2.24, 2.45) is 0 Å². The Morgan fingerprint density at radius 1 is 1.14 bits per heavy atom. The van der Waals surface area contributed by atoms with E-state index in [-0.39, 0.29) is 11.3 Å². The van der Waals surface area contributed by atoms with Crippen molar-refractivity contribution in [3.63, 3.8) is 0 Å². The van der Waals surface area contributed by atoms with Gasteiger partial charge in [0.05, 0.1) is 24.8 Å².